The Bertz CT molecular complexity index is 1120. The lowest BCUT2D eigenvalue weighted by Crippen LogP contribution is -2.50. The van der Waals surface area contributed by atoms with Gasteiger partial charge in [0.15, 0.2) is 0 Å². The Morgan fingerprint density at radius 2 is 1.78 bits per heavy atom. The number of benzene rings is 2. The molecule has 2 aromatic rings. The number of hydrogen-bond donors (Lipinski definition) is 2. The van der Waals surface area contributed by atoms with E-state index >= 15 is 0 Å². The molecule has 3 amide bonds. The first kappa shape index (κ1) is 25.3. The van der Waals surface area contributed by atoms with Gasteiger partial charge in [-0.15, -0.1) is 0 Å². The number of fused-ring (bicyclic) bond motifs is 1. The summed E-state index contributed by atoms with van der Waals surface area (Å²) in [6.45, 7) is 5.02. The second-order valence-corrected chi connectivity index (χ2v) is 9.43. The van der Waals surface area contributed by atoms with Crippen molar-refractivity contribution in [2.75, 3.05) is 32.1 Å². The molecule has 2 aliphatic heterocycles. The number of aryl methyl sites for hydroxylation is 2. The largest absolute Gasteiger partial charge is 0.507 e. The number of phenolic OH excluding ortho intramolecular Hbond substituents is 1. The number of rotatable bonds is 5. The van der Waals surface area contributed by atoms with E-state index in [4.69, 9.17) is 9.47 Å². The number of esters is 1. The number of amides is 3. The third kappa shape index (κ3) is 5.56. The number of carbonyl (C=O) groups excluding carboxylic acids is 3. The molecular formula is C27H33N3O6. The van der Waals surface area contributed by atoms with Gasteiger partial charge in [0.1, 0.15) is 5.75 Å². The van der Waals surface area contributed by atoms with Gasteiger partial charge >= 0.3 is 18.1 Å². The van der Waals surface area contributed by atoms with Crippen LogP contribution in [0.5, 0.6) is 5.75 Å². The fourth-order valence-electron chi connectivity index (χ4n) is 4.98. The Balaban J connectivity index is 1.35. The van der Waals surface area contributed by atoms with Gasteiger partial charge in [-0.25, -0.2) is 14.4 Å². The first-order valence-corrected chi connectivity index (χ1v) is 12.2. The van der Waals surface area contributed by atoms with Gasteiger partial charge in [0.05, 0.1) is 7.11 Å². The normalized spacial score (nSPS) is 17.0. The maximum atomic E-state index is 12.9. The molecule has 4 rings (SSSR count). The van der Waals surface area contributed by atoms with Crippen LogP contribution >= 0.6 is 0 Å². The van der Waals surface area contributed by atoms with Crippen LogP contribution in [-0.4, -0.2) is 71.9 Å². The van der Waals surface area contributed by atoms with Gasteiger partial charge in [-0.1, -0.05) is 30.3 Å². The van der Waals surface area contributed by atoms with Crippen molar-refractivity contribution in [3.8, 4) is 5.75 Å². The van der Waals surface area contributed by atoms with E-state index in [0.29, 0.717) is 43.6 Å². The molecule has 0 spiro atoms. The Hall–Kier alpha value is -3.75. The summed E-state index contributed by atoms with van der Waals surface area (Å²) in [6.07, 6.45) is 0.484. The minimum atomic E-state index is -1.10. The number of ether oxygens (including phenoxy) is 2. The van der Waals surface area contributed by atoms with Crippen molar-refractivity contribution in [3.63, 3.8) is 0 Å². The van der Waals surface area contributed by atoms with Gasteiger partial charge < -0.3 is 29.7 Å². The number of piperidine rings is 1. The molecule has 0 radical (unpaired) electrons. The standard InChI is InChI=1S/C27H33N3O6/c1-17-14-19(15-18(2)24(17)31)16-23(25(32)35-3)36-27(34)29-11-9-21(10-12-29)30-13-8-20-6-4-5-7-22(20)28-26(30)33/h4-7,14-15,21,23,31H,8-13,16H2,1-3H3,(H,28,33). The Morgan fingerprint density at radius 3 is 2.44 bits per heavy atom. The molecule has 2 aromatic carbocycles. The van der Waals surface area contributed by atoms with Gasteiger partial charge in [-0.2, -0.15) is 0 Å². The fraction of sp³-hybridized carbons (Fsp3) is 0.444. The highest BCUT2D eigenvalue weighted by atomic mass is 16.6. The zero-order valence-electron chi connectivity index (χ0n) is 21.0. The van der Waals surface area contributed by atoms with Crippen molar-refractivity contribution in [1.29, 1.82) is 0 Å². The predicted molar refractivity (Wildman–Crippen MR) is 134 cm³/mol. The highest BCUT2D eigenvalue weighted by molar-refractivity contribution is 5.91. The molecular weight excluding hydrogens is 462 g/mol. The number of urea groups is 1. The maximum Gasteiger partial charge on any atom is 0.410 e. The number of likely N-dealkylation sites (tertiary alicyclic amines) is 1. The van der Waals surface area contributed by atoms with E-state index in [1.807, 2.05) is 29.2 Å². The average Bonchev–Trinajstić information content (AvgIpc) is 3.04. The monoisotopic (exact) mass is 495 g/mol. The molecule has 0 saturated carbocycles. The highest BCUT2D eigenvalue weighted by Crippen LogP contribution is 2.26. The number of hydrogen-bond acceptors (Lipinski definition) is 6. The van der Waals surface area contributed by atoms with Crippen molar-refractivity contribution in [1.82, 2.24) is 9.80 Å². The van der Waals surface area contributed by atoms with E-state index in [0.717, 1.165) is 23.2 Å². The number of aromatic hydroxyl groups is 1. The summed E-state index contributed by atoms with van der Waals surface area (Å²) >= 11 is 0. The van der Waals surface area contributed by atoms with E-state index in [1.165, 1.54) is 7.11 Å². The molecule has 2 heterocycles. The first-order chi connectivity index (χ1) is 17.3. The van der Waals surface area contributed by atoms with Crippen molar-refractivity contribution in [2.24, 2.45) is 0 Å². The minimum absolute atomic E-state index is 0.0164. The number of nitrogens with zero attached hydrogens (tertiary/aromatic N) is 2. The van der Waals surface area contributed by atoms with E-state index in [-0.39, 0.29) is 24.2 Å². The lowest BCUT2D eigenvalue weighted by atomic mass is 10.0. The lowest BCUT2D eigenvalue weighted by molar-refractivity contribution is -0.151. The number of para-hydroxylation sites is 1. The van der Waals surface area contributed by atoms with Crippen molar-refractivity contribution in [3.05, 3.63) is 58.7 Å². The molecule has 2 N–H and O–H groups in total. The van der Waals surface area contributed by atoms with Crippen LogP contribution in [0.4, 0.5) is 15.3 Å². The molecule has 9 nitrogen and oxygen atoms in total. The Morgan fingerprint density at radius 1 is 1.11 bits per heavy atom. The van der Waals surface area contributed by atoms with Gasteiger partial charge in [0, 0.05) is 37.8 Å². The molecule has 1 atom stereocenters. The van der Waals surface area contributed by atoms with Crippen LogP contribution in [0.3, 0.4) is 0 Å². The highest BCUT2D eigenvalue weighted by Gasteiger charge is 2.33. The van der Waals surface area contributed by atoms with Crippen molar-refractivity contribution in [2.45, 2.75) is 51.7 Å². The van der Waals surface area contributed by atoms with Gasteiger partial charge in [-0.3, -0.25) is 0 Å². The number of phenols is 1. The molecule has 192 valence electrons. The molecule has 0 bridgehead atoms. The summed E-state index contributed by atoms with van der Waals surface area (Å²) < 4.78 is 10.4. The predicted octanol–water partition coefficient (Wildman–Crippen LogP) is 3.78. The van der Waals surface area contributed by atoms with Crippen LogP contribution in [-0.2, 0) is 27.1 Å². The first-order valence-electron chi connectivity index (χ1n) is 12.2. The summed E-state index contributed by atoms with van der Waals surface area (Å²) in [5.41, 5.74) is 4.09. The van der Waals surface area contributed by atoms with Crippen LogP contribution in [0.1, 0.15) is 35.1 Å². The molecule has 1 unspecified atom stereocenters. The van der Waals surface area contributed by atoms with Gasteiger partial charge in [-0.05, 0) is 61.4 Å². The molecule has 2 aliphatic rings. The van der Waals surface area contributed by atoms with Crippen LogP contribution in [0, 0.1) is 13.8 Å². The van der Waals surface area contributed by atoms with Crippen LogP contribution < -0.4 is 5.32 Å². The molecule has 1 saturated heterocycles. The lowest BCUT2D eigenvalue weighted by Gasteiger charge is -2.37. The second kappa shape index (κ2) is 10.9. The summed E-state index contributed by atoms with van der Waals surface area (Å²) in [4.78, 5) is 41.6. The summed E-state index contributed by atoms with van der Waals surface area (Å²) in [7, 11) is 1.26. The number of carbonyl (C=O) groups is 3. The zero-order chi connectivity index (χ0) is 25.8. The molecule has 36 heavy (non-hydrogen) atoms. The smallest absolute Gasteiger partial charge is 0.410 e. The van der Waals surface area contributed by atoms with Crippen LogP contribution in [0.15, 0.2) is 36.4 Å². The molecule has 1 fully saturated rings. The van der Waals surface area contributed by atoms with Crippen molar-refractivity contribution < 1.29 is 29.0 Å². The average molecular weight is 496 g/mol. The molecule has 0 aromatic heterocycles. The second-order valence-electron chi connectivity index (χ2n) is 9.43. The number of methoxy groups -OCH3 is 1. The SMILES string of the molecule is COC(=O)C(Cc1cc(C)c(O)c(C)c1)OC(=O)N1CCC(N2CCc3ccccc3NC2=O)CC1. The third-order valence-electron chi connectivity index (χ3n) is 6.98. The van der Waals surface area contributed by atoms with Crippen LogP contribution in [0.25, 0.3) is 0 Å². The maximum absolute atomic E-state index is 12.9. The van der Waals surface area contributed by atoms with E-state index in [2.05, 4.69) is 5.32 Å². The Labute approximate surface area is 211 Å². The zero-order valence-corrected chi connectivity index (χ0v) is 21.0. The summed E-state index contributed by atoms with van der Waals surface area (Å²) in [6, 6.07) is 11.2. The van der Waals surface area contributed by atoms with E-state index in [9.17, 15) is 19.5 Å². The third-order valence-corrected chi connectivity index (χ3v) is 6.98. The van der Waals surface area contributed by atoms with Crippen LogP contribution in [0.2, 0.25) is 0 Å². The Kier molecular flexibility index (Phi) is 7.67. The summed E-state index contributed by atoms with van der Waals surface area (Å²) in [5.74, 6) is -0.433. The van der Waals surface area contributed by atoms with Gasteiger partial charge in [0.2, 0.25) is 6.10 Å². The molecule has 9 heteroatoms. The van der Waals surface area contributed by atoms with Gasteiger partial charge in [0.25, 0.3) is 0 Å². The molecule has 0 aliphatic carbocycles. The van der Waals surface area contributed by atoms with Crippen molar-refractivity contribution >= 4 is 23.8 Å². The number of nitrogens with one attached hydrogen (secondary N) is 1. The van der Waals surface area contributed by atoms with E-state index < -0.39 is 18.2 Å². The minimum Gasteiger partial charge on any atom is -0.507 e. The topological polar surface area (TPSA) is 108 Å². The number of anilines is 1. The quantitative estimate of drug-likeness (QED) is 0.611. The fourth-order valence-corrected chi connectivity index (χ4v) is 4.98. The summed E-state index contributed by atoms with van der Waals surface area (Å²) in [5, 5.41) is 13.0. The van der Waals surface area contributed by atoms with E-state index in [1.54, 1.807) is 30.9 Å².